The molecule has 0 spiro atoms. The lowest BCUT2D eigenvalue weighted by Crippen LogP contribution is -2.17. The van der Waals surface area contributed by atoms with E-state index in [1.165, 1.54) is 6.20 Å². The zero-order valence-corrected chi connectivity index (χ0v) is 8.96. The maximum absolute atomic E-state index is 12.0. The van der Waals surface area contributed by atoms with Crippen LogP contribution in [-0.2, 0) is 0 Å². The van der Waals surface area contributed by atoms with Crippen LogP contribution in [0.25, 0.3) is 0 Å². The highest BCUT2D eigenvalue weighted by molar-refractivity contribution is 5.10. The summed E-state index contributed by atoms with van der Waals surface area (Å²) >= 11 is 0. The molecule has 0 aromatic carbocycles. The van der Waals surface area contributed by atoms with Gasteiger partial charge in [0.15, 0.2) is 0 Å². The van der Waals surface area contributed by atoms with Crippen molar-refractivity contribution in [2.24, 2.45) is 0 Å². The van der Waals surface area contributed by atoms with E-state index in [2.05, 4.69) is 15.5 Å². The molecule has 0 amide bonds. The van der Waals surface area contributed by atoms with Gasteiger partial charge in [0.05, 0.1) is 6.20 Å². The van der Waals surface area contributed by atoms with E-state index in [1.807, 2.05) is 0 Å². The largest absolute Gasteiger partial charge is 0.389 e. The topological polar surface area (TPSA) is 37.8 Å². The van der Waals surface area contributed by atoms with E-state index < -0.39 is 12.6 Å². The molecule has 0 saturated heterocycles. The maximum Gasteiger partial charge on any atom is 0.389 e. The van der Waals surface area contributed by atoms with Crippen molar-refractivity contribution in [3.63, 3.8) is 0 Å². The van der Waals surface area contributed by atoms with Crippen LogP contribution in [0.3, 0.4) is 0 Å². The molecule has 0 aliphatic heterocycles. The number of alkyl halides is 3. The van der Waals surface area contributed by atoms with Gasteiger partial charge in [-0.25, -0.2) is 0 Å². The standard InChI is InChI=1S/C10H14F3N3/c1-14-9(3-2-5-10(11,12)13)8-4-6-15-16-7-8/h4,6-7,9,14H,2-3,5H2,1H3. The molecule has 3 nitrogen and oxygen atoms in total. The Balaban J connectivity index is 2.45. The summed E-state index contributed by atoms with van der Waals surface area (Å²) in [6, 6.07) is 1.65. The molecule has 16 heavy (non-hydrogen) atoms. The third kappa shape index (κ3) is 4.57. The van der Waals surface area contributed by atoms with Crippen LogP contribution < -0.4 is 5.32 Å². The van der Waals surface area contributed by atoms with Crippen LogP contribution in [-0.4, -0.2) is 23.4 Å². The summed E-state index contributed by atoms with van der Waals surface area (Å²) in [5.74, 6) is 0. The zero-order chi connectivity index (χ0) is 12.0. The minimum absolute atomic E-state index is 0.0992. The highest BCUT2D eigenvalue weighted by Gasteiger charge is 2.26. The van der Waals surface area contributed by atoms with Gasteiger partial charge in [0.1, 0.15) is 0 Å². The van der Waals surface area contributed by atoms with Gasteiger partial charge in [-0.1, -0.05) is 0 Å². The molecule has 1 rings (SSSR count). The molecule has 0 bridgehead atoms. The normalized spacial score (nSPS) is 13.8. The van der Waals surface area contributed by atoms with E-state index in [-0.39, 0.29) is 12.5 Å². The summed E-state index contributed by atoms with van der Waals surface area (Å²) in [4.78, 5) is 0. The first kappa shape index (κ1) is 12.9. The van der Waals surface area contributed by atoms with Crippen molar-refractivity contribution in [1.82, 2.24) is 15.5 Å². The predicted octanol–water partition coefficient (Wildman–Crippen LogP) is 2.47. The average Bonchev–Trinajstić information content (AvgIpc) is 2.24. The molecule has 1 unspecified atom stereocenters. The Morgan fingerprint density at radius 3 is 2.62 bits per heavy atom. The van der Waals surface area contributed by atoms with Crippen LogP contribution in [0.1, 0.15) is 30.9 Å². The van der Waals surface area contributed by atoms with E-state index >= 15 is 0 Å². The smallest absolute Gasteiger partial charge is 0.313 e. The molecular weight excluding hydrogens is 219 g/mol. The highest BCUT2D eigenvalue weighted by Crippen LogP contribution is 2.25. The number of hydrogen-bond donors (Lipinski definition) is 1. The van der Waals surface area contributed by atoms with Crippen molar-refractivity contribution in [1.29, 1.82) is 0 Å². The first-order valence-electron chi connectivity index (χ1n) is 5.03. The molecule has 0 fully saturated rings. The number of halogens is 3. The molecular formula is C10H14F3N3. The van der Waals surface area contributed by atoms with Crippen LogP contribution in [0.5, 0.6) is 0 Å². The quantitative estimate of drug-likeness (QED) is 0.849. The van der Waals surface area contributed by atoms with Crippen molar-refractivity contribution in [2.45, 2.75) is 31.5 Å². The molecule has 1 atom stereocenters. The number of nitrogens with zero attached hydrogens (tertiary/aromatic N) is 2. The summed E-state index contributed by atoms with van der Waals surface area (Å²) in [5.41, 5.74) is 0.861. The lowest BCUT2D eigenvalue weighted by atomic mass is 10.0. The summed E-state index contributed by atoms with van der Waals surface area (Å²) in [6.45, 7) is 0. The molecule has 90 valence electrons. The SMILES string of the molecule is CNC(CCCC(F)(F)F)c1ccnnc1. The van der Waals surface area contributed by atoms with Crippen LogP contribution in [0.4, 0.5) is 13.2 Å². The van der Waals surface area contributed by atoms with Gasteiger partial charge in [-0.05, 0) is 31.5 Å². The summed E-state index contributed by atoms with van der Waals surface area (Å²) in [6.07, 6.45) is -1.18. The van der Waals surface area contributed by atoms with E-state index in [0.717, 1.165) is 5.56 Å². The fourth-order valence-electron chi connectivity index (χ4n) is 1.49. The van der Waals surface area contributed by atoms with Gasteiger partial charge in [-0.15, -0.1) is 0 Å². The predicted molar refractivity (Wildman–Crippen MR) is 53.7 cm³/mol. The molecule has 1 aromatic rings. The van der Waals surface area contributed by atoms with Gasteiger partial charge in [0.25, 0.3) is 0 Å². The van der Waals surface area contributed by atoms with E-state index in [0.29, 0.717) is 6.42 Å². The summed E-state index contributed by atoms with van der Waals surface area (Å²) < 4.78 is 35.9. The van der Waals surface area contributed by atoms with Crippen LogP contribution in [0.2, 0.25) is 0 Å². The van der Waals surface area contributed by atoms with Crippen molar-refractivity contribution in [3.05, 3.63) is 24.0 Å². The molecule has 6 heteroatoms. The van der Waals surface area contributed by atoms with E-state index in [4.69, 9.17) is 0 Å². The second-order valence-corrected chi connectivity index (χ2v) is 3.52. The molecule has 1 heterocycles. The molecule has 1 N–H and O–H groups in total. The van der Waals surface area contributed by atoms with Crippen LogP contribution >= 0.6 is 0 Å². The van der Waals surface area contributed by atoms with Gasteiger partial charge in [-0.3, -0.25) is 0 Å². The molecule has 1 aromatic heterocycles. The van der Waals surface area contributed by atoms with Crippen molar-refractivity contribution in [2.75, 3.05) is 7.05 Å². The minimum Gasteiger partial charge on any atom is -0.313 e. The minimum atomic E-state index is -4.07. The van der Waals surface area contributed by atoms with Crippen molar-refractivity contribution >= 4 is 0 Å². The first-order valence-corrected chi connectivity index (χ1v) is 5.03. The third-order valence-corrected chi connectivity index (χ3v) is 2.31. The Kier molecular flexibility index (Phi) is 4.67. The Morgan fingerprint density at radius 2 is 2.12 bits per heavy atom. The van der Waals surface area contributed by atoms with Gasteiger partial charge in [0.2, 0.25) is 0 Å². The second-order valence-electron chi connectivity index (χ2n) is 3.52. The second kappa shape index (κ2) is 5.79. The van der Waals surface area contributed by atoms with Crippen molar-refractivity contribution < 1.29 is 13.2 Å². The zero-order valence-electron chi connectivity index (χ0n) is 8.96. The number of nitrogens with one attached hydrogen (secondary N) is 1. The van der Waals surface area contributed by atoms with Gasteiger partial charge >= 0.3 is 6.18 Å². The molecule has 0 radical (unpaired) electrons. The number of rotatable bonds is 5. The molecule has 0 aliphatic rings. The Bertz CT molecular complexity index is 300. The number of aromatic nitrogens is 2. The summed E-state index contributed by atoms with van der Waals surface area (Å²) in [5, 5.41) is 10.3. The fraction of sp³-hybridized carbons (Fsp3) is 0.600. The maximum atomic E-state index is 12.0. The van der Waals surface area contributed by atoms with Gasteiger partial charge in [0, 0.05) is 18.7 Å². The first-order chi connectivity index (χ1) is 7.53. The van der Waals surface area contributed by atoms with Gasteiger partial charge < -0.3 is 5.32 Å². The lowest BCUT2D eigenvalue weighted by Gasteiger charge is -2.16. The van der Waals surface area contributed by atoms with Gasteiger partial charge in [-0.2, -0.15) is 23.4 Å². The fourth-order valence-corrected chi connectivity index (χ4v) is 1.49. The van der Waals surface area contributed by atoms with E-state index in [1.54, 1.807) is 19.3 Å². The summed E-state index contributed by atoms with van der Waals surface area (Å²) in [7, 11) is 1.72. The Labute approximate surface area is 92.1 Å². The monoisotopic (exact) mass is 233 g/mol. The molecule has 0 saturated carbocycles. The molecule has 0 aliphatic carbocycles. The Morgan fingerprint density at radius 1 is 1.38 bits per heavy atom. The van der Waals surface area contributed by atoms with Crippen LogP contribution in [0.15, 0.2) is 18.5 Å². The number of hydrogen-bond acceptors (Lipinski definition) is 3. The van der Waals surface area contributed by atoms with Crippen molar-refractivity contribution in [3.8, 4) is 0 Å². The highest BCUT2D eigenvalue weighted by atomic mass is 19.4. The Hall–Kier alpha value is -1.17. The average molecular weight is 233 g/mol. The van der Waals surface area contributed by atoms with Crippen LogP contribution in [0, 0.1) is 0 Å². The lowest BCUT2D eigenvalue weighted by molar-refractivity contribution is -0.135. The van der Waals surface area contributed by atoms with E-state index in [9.17, 15) is 13.2 Å². The third-order valence-electron chi connectivity index (χ3n) is 2.31.